The summed E-state index contributed by atoms with van der Waals surface area (Å²) in [5, 5.41) is 4.06. The number of benzene rings is 2. The molecule has 0 aliphatic rings. The third-order valence-corrected chi connectivity index (χ3v) is 4.95. The van der Waals surface area contributed by atoms with E-state index in [0.29, 0.717) is 12.1 Å². The van der Waals surface area contributed by atoms with Crippen LogP contribution in [0.15, 0.2) is 47.0 Å². The van der Waals surface area contributed by atoms with E-state index in [0.717, 1.165) is 45.0 Å². The third-order valence-electron chi connectivity index (χ3n) is 4.95. The number of fused-ring (bicyclic) bond motifs is 1. The summed E-state index contributed by atoms with van der Waals surface area (Å²) in [6, 6.07) is 13.7. The SMILES string of the molecule is COC(=O)c1cccc(Cn2c(C)nc3ccc(-c4c(C)noc4C)cc32)c1. The summed E-state index contributed by atoms with van der Waals surface area (Å²) in [6.45, 7) is 6.45. The van der Waals surface area contributed by atoms with E-state index >= 15 is 0 Å². The van der Waals surface area contributed by atoms with Gasteiger partial charge in [0.15, 0.2) is 0 Å². The molecule has 6 nitrogen and oxygen atoms in total. The Balaban J connectivity index is 1.78. The lowest BCUT2D eigenvalue weighted by Gasteiger charge is -2.09. The first kappa shape index (κ1) is 18.0. The van der Waals surface area contributed by atoms with Crippen LogP contribution in [-0.2, 0) is 11.3 Å². The predicted molar refractivity (Wildman–Crippen MR) is 106 cm³/mol. The van der Waals surface area contributed by atoms with E-state index in [4.69, 9.17) is 9.26 Å². The van der Waals surface area contributed by atoms with Crippen LogP contribution < -0.4 is 0 Å². The highest BCUT2D eigenvalue weighted by molar-refractivity contribution is 5.89. The first-order valence-corrected chi connectivity index (χ1v) is 9.05. The first-order valence-electron chi connectivity index (χ1n) is 9.05. The number of hydrogen-bond acceptors (Lipinski definition) is 5. The molecule has 0 fully saturated rings. The number of ether oxygens (including phenoxy) is 1. The number of carbonyl (C=O) groups excluding carboxylic acids is 1. The Morgan fingerprint density at radius 3 is 2.68 bits per heavy atom. The molecule has 2 aromatic heterocycles. The van der Waals surface area contributed by atoms with E-state index in [9.17, 15) is 4.79 Å². The molecule has 0 aliphatic heterocycles. The summed E-state index contributed by atoms with van der Waals surface area (Å²) in [5.41, 5.74) is 6.43. The van der Waals surface area contributed by atoms with Gasteiger partial charge in [-0.15, -0.1) is 0 Å². The summed E-state index contributed by atoms with van der Waals surface area (Å²) in [6.07, 6.45) is 0. The van der Waals surface area contributed by atoms with E-state index in [1.54, 1.807) is 6.07 Å². The van der Waals surface area contributed by atoms with E-state index in [-0.39, 0.29) is 5.97 Å². The van der Waals surface area contributed by atoms with Gasteiger partial charge in [-0.3, -0.25) is 0 Å². The summed E-state index contributed by atoms with van der Waals surface area (Å²) in [5.74, 6) is 1.37. The number of aryl methyl sites for hydroxylation is 3. The standard InChI is InChI=1S/C22H21N3O3/c1-13-21(14(2)28-24-13)17-8-9-19-20(11-17)25(15(3)23-19)12-16-6-5-7-18(10-16)22(26)27-4/h5-11H,12H2,1-4H3. The summed E-state index contributed by atoms with van der Waals surface area (Å²) in [4.78, 5) is 16.5. The number of methoxy groups -OCH3 is 1. The Morgan fingerprint density at radius 1 is 1.14 bits per heavy atom. The fourth-order valence-corrected chi connectivity index (χ4v) is 3.59. The lowest BCUT2D eigenvalue weighted by atomic mass is 10.0. The monoisotopic (exact) mass is 375 g/mol. The minimum Gasteiger partial charge on any atom is -0.465 e. The molecule has 4 rings (SSSR count). The van der Waals surface area contributed by atoms with Crippen molar-refractivity contribution in [1.29, 1.82) is 0 Å². The van der Waals surface area contributed by atoms with Crippen molar-refractivity contribution in [1.82, 2.24) is 14.7 Å². The zero-order valence-corrected chi connectivity index (χ0v) is 16.3. The maximum absolute atomic E-state index is 11.8. The zero-order valence-electron chi connectivity index (χ0n) is 16.3. The van der Waals surface area contributed by atoms with Crippen molar-refractivity contribution in [3.05, 3.63) is 70.9 Å². The van der Waals surface area contributed by atoms with Crippen LogP contribution in [0, 0.1) is 20.8 Å². The van der Waals surface area contributed by atoms with Crippen molar-refractivity contribution in [2.75, 3.05) is 7.11 Å². The Bertz CT molecular complexity index is 1170. The maximum Gasteiger partial charge on any atom is 0.337 e. The molecule has 0 radical (unpaired) electrons. The van der Waals surface area contributed by atoms with Gasteiger partial charge in [0.05, 0.1) is 29.4 Å². The summed E-state index contributed by atoms with van der Waals surface area (Å²) >= 11 is 0. The number of rotatable bonds is 4. The van der Waals surface area contributed by atoms with Gasteiger partial charge in [-0.1, -0.05) is 23.4 Å². The lowest BCUT2D eigenvalue weighted by Crippen LogP contribution is -2.05. The van der Waals surface area contributed by atoms with Crippen molar-refractivity contribution >= 4 is 17.0 Å². The van der Waals surface area contributed by atoms with Gasteiger partial charge >= 0.3 is 5.97 Å². The first-order chi connectivity index (χ1) is 13.5. The fourth-order valence-electron chi connectivity index (χ4n) is 3.59. The second-order valence-corrected chi connectivity index (χ2v) is 6.84. The molecule has 2 heterocycles. The molecule has 0 saturated heterocycles. The molecule has 0 spiro atoms. The molecular weight excluding hydrogens is 354 g/mol. The summed E-state index contributed by atoms with van der Waals surface area (Å²) < 4.78 is 12.3. The van der Waals surface area contributed by atoms with Gasteiger partial charge in [0.2, 0.25) is 0 Å². The topological polar surface area (TPSA) is 70.2 Å². The Hall–Kier alpha value is -3.41. The maximum atomic E-state index is 11.8. The molecule has 142 valence electrons. The molecule has 0 bridgehead atoms. The minimum absolute atomic E-state index is 0.338. The second kappa shape index (κ2) is 6.96. The molecular formula is C22H21N3O3. The Labute approximate surface area is 162 Å². The molecule has 28 heavy (non-hydrogen) atoms. The third kappa shape index (κ3) is 3.07. The van der Waals surface area contributed by atoms with Crippen LogP contribution in [0.2, 0.25) is 0 Å². The number of carbonyl (C=O) groups is 1. The van der Waals surface area contributed by atoms with Gasteiger partial charge in [-0.2, -0.15) is 0 Å². The highest BCUT2D eigenvalue weighted by atomic mass is 16.5. The van der Waals surface area contributed by atoms with E-state index < -0.39 is 0 Å². The molecule has 0 atom stereocenters. The largest absolute Gasteiger partial charge is 0.465 e. The van der Waals surface area contributed by atoms with Crippen molar-refractivity contribution in [2.24, 2.45) is 0 Å². The van der Waals surface area contributed by atoms with Crippen LogP contribution in [-0.4, -0.2) is 27.8 Å². The number of nitrogens with zero attached hydrogens (tertiary/aromatic N) is 3. The number of esters is 1. The summed E-state index contributed by atoms with van der Waals surface area (Å²) in [7, 11) is 1.39. The molecule has 4 aromatic rings. The average Bonchev–Trinajstić information content (AvgIpc) is 3.19. The molecule has 6 heteroatoms. The molecule has 2 aromatic carbocycles. The van der Waals surface area contributed by atoms with Gasteiger partial charge in [-0.25, -0.2) is 9.78 Å². The predicted octanol–water partition coefficient (Wildman–Crippen LogP) is 4.45. The van der Waals surface area contributed by atoms with E-state index in [1.165, 1.54) is 7.11 Å². The van der Waals surface area contributed by atoms with E-state index in [1.807, 2.05) is 51.1 Å². The van der Waals surface area contributed by atoms with Crippen LogP contribution >= 0.6 is 0 Å². The highest BCUT2D eigenvalue weighted by Crippen LogP contribution is 2.30. The number of imidazole rings is 1. The molecule has 0 aliphatic carbocycles. The molecule has 0 saturated carbocycles. The van der Waals surface area contributed by atoms with Gasteiger partial charge in [0.25, 0.3) is 0 Å². The number of aromatic nitrogens is 3. The van der Waals surface area contributed by atoms with Crippen LogP contribution in [0.3, 0.4) is 0 Å². The Kier molecular flexibility index (Phi) is 4.47. The van der Waals surface area contributed by atoms with Crippen LogP contribution in [0.5, 0.6) is 0 Å². The number of hydrogen-bond donors (Lipinski definition) is 0. The van der Waals surface area contributed by atoms with Gasteiger partial charge in [0, 0.05) is 12.1 Å². The smallest absolute Gasteiger partial charge is 0.337 e. The fraction of sp³-hybridized carbons (Fsp3) is 0.227. The van der Waals surface area contributed by atoms with Crippen LogP contribution in [0.4, 0.5) is 0 Å². The van der Waals surface area contributed by atoms with Crippen molar-refractivity contribution < 1.29 is 14.1 Å². The van der Waals surface area contributed by atoms with Gasteiger partial charge < -0.3 is 13.8 Å². The van der Waals surface area contributed by atoms with Crippen LogP contribution in [0.1, 0.15) is 33.2 Å². The lowest BCUT2D eigenvalue weighted by molar-refractivity contribution is 0.0600. The molecule has 0 N–H and O–H groups in total. The van der Waals surface area contributed by atoms with Gasteiger partial charge in [-0.05, 0) is 56.2 Å². The van der Waals surface area contributed by atoms with Crippen molar-refractivity contribution in [2.45, 2.75) is 27.3 Å². The molecule has 0 amide bonds. The van der Waals surface area contributed by atoms with Crippen molar-refractivity contribution in [3.8, 4) is 11.1 Å². The Morgan fingerprint density at radius 2 is 1.96 bits per heavy atom. The average molecular weight is 375 g/mol. The normalized spacial score (nSPS) is 11.1. The van der Waals surface area contributed by atoms with E-state index in [2.05, 4.69) is 20.8 Å². The van der Waals surface area contributed by atoms with Crippen LogP contribution in [0.25, 0.3) is 22.2 Å². The quantitative estimate of drug-likeness (QED) is 0.493. The molecule has 0 unspecified atom stereocenters. The minimum atomic E-state index is -0.338. The van der Waals surface area contributed by atoms with Crippen molar-refractivity contribution in [3.63, 3.8) is 0 Å². The van der Waals surface area contributed by atoms with Gasteiger partial charge in [0.1, 0.15) is 11.6 Å². The highest BCUT2D eigenvalue weighted by Gasteiger charge is 2.15. The zero-order chi connectivity index (χ0) is 19.8. The second-order valence-electron chi connectivity index (χ2n) is 6.84.